The average molecular weight is 259 g/mol. The Bertz CT molecular complexity index is 343. The molecule has 2 heterocycles. The number of rotatable bonds is 3. The average Bonchev–Trinajstić information content (AvgIpc) is 2.78. The molecule has 2 N–H and O–H groups in total. The number of hydrogen-bond acceptors (Lipinski definition) is 6. The van der Waals surface area contributed by atoms with Crippen molar-refractivity contribution < 1.29 is 4.52 Å². The predicted molar refractivity (Wildman–Crippen MR) is 68.6 cm³/mol. The molecule has 3 atom stereocenters. The van der Waals surface area contributed by atoms with Crippen molar-refractivity contribution in [2.24, 2.45) is 5.73 Å². The maximum atomic E-state index is 5.72. The molecule has 16 heavy (non-hydrogen) atoms. The van der Waals surface area contributed by atoms with Crippen molar-refractivity contribution in [2.45, 2.75) is 36.8 Å². The van der Waals surface area contributed by atoms with Crippen molar-refractivity contribution in [3.63, 3.8) is 0 Å². The van der Waals surface area contributed by atoms with E-state index in [-0.39, 0.29) is 6.04 Å². The van der Waals surface area contributed by atoms with E-state index < -0.39 is 0 Å². The molecule has 0 aliphatic carbocycles. The van der Waals surface area contributed by atoms with Gasteiger partial charge in [0.2, 0.25) is 5.89 Å². The molecule has 0 spiro atoms. The number of hydrogen-bond donors (Lipinski definition) is 1. The minimum atomic E-state index is -0.178. The molecule has 90 valence electrons. The summed E-state index contributed by atoms with van der Waals surface area (Å²) in [5.41, 5.74) is 5.72. The van der Waals surface area contributed by atoms with Crippen LogP contribution in [0.25, 0.3) is 0 Å². The lowest BCUT2D eigenvalue weighted by Crippen LogP contribution is -2.19. The Morgan fingerprint density at radius 2 is 2.25 bits per heavy atom. The molecule has 4 nitrogen and oxygen atoms in total. The molecule has 0 saturated carbocycles. The molecule has 2 rings (SSSR count). The summed E-state index contributed by atoms with van der Waals surface area (Å²) in [6, 6.07) is -0.178. The van der Waals surface area contributed by atoms with Crippen LogP contribution in [0.5, 0.6) is 0 Å². The number of aromatic nitrogens is 2. The van der Waals surface area contributed by atoms with Crippen molar-refractivity contribution >= 4 is 23.5 Å². The number of nitrogens with zero attached hydrogens (tertiary/aromatic N) is 2. The second-order valence-corrected chi connectivity index (χ2v) is 6.48. The van der Waals surface area contributed by atoms with Gasteiger partial charge in [0.15, 0.2) is 5.82 Å². The summed E-state index contributed by atoms with van der Waals surface area (Å²) < 4.78 is 5.16. The van der Waals surface area contributed by atoms with Gasteiger partial charge < -0.3 is 10.3 Å². The molecule has 1 saturated heterocycles. The van der Waals surface area contributed by atoms with Gasteiger partial charge >= 0.3 is 0 Å². The lowest BCUT2D eigenvalue weighted by atomic mass is 10.2. The quantitative estimate of drug-likeness (QED) is 0.899. The van der Waals surface area contributed by atoms with E-state index in [1.165, 1.54) is 5.75 Å². The van der Waals surface area contributed by atoms with Crippen LogP contribution in [0.2, 0.25) is 0 Å². The van der Waals surface area contributed by atoms with Gasteiger partial charge in [-0.3, -0.25) is 0 Å². The second-order valence-electron chi connectivity index (χ2n) is 3.89. The standard InChI is InChI=1S/C10H17N3OS2/c1-3-7-8(16-5-4-15-7)9-12-10(6(2)11)14-13-9/h6-8H,3-5,11H2,1-2H3/t6-,7?,8?/m0/s1. The summed E-state index contributed by atoms with van der Waals surface area (Å²) in [7, 11) is 0. The summed E-state index contributed by atoms with van der Waals surface area (Å²) in [4.78, 5) is 4.39. The highest BCUT2D eigenvalue weighted by atomic mass is 32.2. The number of nitrogens with two attached hydrogens (primary N) is 1. The lowest BCUT2D eigenvalue weighted by molar-refractivity contribution is 0.356. The molecule has 6 heteroatoms. The van der Waals surface area contributed by atoms with Crippen molar-refractivity contribution in [1.29, 1.82) is 0 Å². The highest BCUT2D eigenvalue weighted by Gasteiger charge is 2.30. The van der Waals surface area contributed by atoms with Crippen LogP contribution in [0.4, 0.5) is 0 Å². The smallest absolute Gasteiger partial charge is 0.243 e. The third-order valence-electron chi connectivity index (χ3n) is 2.55. The van der Waals surface area contributed by atoms with E-state index in [0.717, 1.165) is 18.0 Å². The van der Waals surface area contributed by atoms with E-state index in [4.69, 9.17) is 10.3 Å². The first-order valence-corrected chi connectivity index (χ1v) is 7.64. The normalized spacial score (nSPS) is 27.9. The molecule has 0 aromatic carbocycles. The molecule has 0 amide bonds. The molecule has 1 aromatic rings. The zero-order valence-electron chi connectivity index (χ0n) is 9.55. The van der Waals surface area contributed by atoms with Crippen molar-refractivity contribution in [3.05, 3.63) is 11.7 Å². The Balaban J connectivity index is 2.14. The van der Waals surface area contributed by atoms with Crippen LogP contribution in [0.3, 0.4) is 0 Å². The summed E-state index contributed by atoms with van der Waals surface area (Å²) >= 11 is 3.94. The Hall–Kier alpha value is -0.200. The summed E-state index contributed by atoms with van der Waals surface area (Å²) in [5.74, 6) is 3.74. The SMILES string of the molecule is CCC1SCCSC1c1noc([C@H](C)N)n1. The fourth-order valence-electron chi connectivity index (χ4n) is 1.69. The van der Waals surface area contributed by atoms with Crippen LogP contribution in [0, 0.1) is 0 Å². The van der Waals surface area contributed by atoms with Gasteiger partial charge in [-0.05, 0) is 13.3 Å². The van der Waals surface area contributed by atoms with Crippen LogP contribution in [-0.2, 0) is 0 Å². The summed E-state index contributed by atoms with van der Waals surface area (Å²) in [6.45, 7) is 4.07. The Morgan fingerprint density at radius 1 is 1.50 bits per heavy atom. The predicted octanol–water partition coefficient (Wildman–Crippen LogP) is 2.39. The fourth-order valence-corrected chi connectivity index (χ4v) is 4.67. The summed E-state index contributed by atoms with van der Waals surface area (Å²) in [5, 5.41) is 5.01. The Labute approximate surface area is 104 Å². The van der Waals surface area contributed by atoms with E-state index >= 15 is 0 Å². The monoisotopic (exact) mass is 259 g/mol. The lowest BCUT2D eigenvalue weighted by Gasteiger charge is -2.27. The van der Waals surface area contributed by atoms with Crippen LogP contribution in [0.15, 0.2) is 4.52 Å². The maximum absolute atomic E-state index is 5.72. The Morgan fingerprint density at radius 3 is 2.88 bits per heavy atom. The van der Waals surface area contributed by atoms with Crippen LogP contribution >= 0.6 is 23.5 Å². The van der Waals surface area contributed by atoms with Gasteiger partial charge in [0.05, 0.1) is 11.3 Å². The molecule has 1 fully saturated rings. The summed E-state index contributed by atoms with van der Waals surface area (Å²) in [6.07, 6.45) is 1.14. The van der Waals surface area contributed by atoms with Gasteiger partial charge in [-0.2, -0.15) is 16.7 Å². The van der Waals surface area contributed by atoms with E-state index in [0.29, 0.717) is 16.4 Å². The second kappa shape index (κ2) is 5.42. The molecular weight excluding hydrogens is 242 g/mol. The van der Waals surface area contributed by atoms with Gasteiger partial charge in [0.1, 0.15) is 0 Å². The van der Waals surface area contributed by atoms with Crippen LogP contribution in [0.1, 0.15) is 43.3 Å². The number of thioether (sulfide) groups is 2. The van der Waals surface area contributed by atoms with E-state index in [1.54, 1.807) is 0 Å². The van der Waals surface area contributed by atoms with E-state index in [9.17, 15) is 0 Å². The zero-order valence-corrected chi connectivity index (χ0v) is 11.2. The first-order valence-electron chi connectivity index (χ1n) is 5.54. The maximum Gasteiger partial charge on any atom is 0.243 e. The van der Waals surface area contributed by atoms with Gasteiger partial charge in [-0.1, -0.05) is 12.1 Å². The first kappa shape index (κ1) is 12.3. The highest BCUT2D eigenvalue weighted by Crippen LogP contribution is 2.42. The highest BCUT2D eigenvalue weighted by molar-refractivity contribution is 8.06. The molecule has 1 aromatic heterocycles. The van der Waals surface area contributed by atoms with Crippen LogP contribution < -0.4 is 5.73 Å². The van der Waals surface area contributed by atoms with Crippen molar-refractivity contribution in [1.82, 2.24) is 10.1 Å². The van der Waals surface area contributed by atoms with Gasteiger partial charge in [0.25, 0.3) is 0 Å². The minimum Gasteiger partial charge on any atom is -0.338 e. The Kier molecular flexibility index (Phi) is 4.16. The van der Waals surface area contributed by atoms with Gasteiger partial charge in [-0.25, -0.2) is 0 Å². The molecule has 1 aliphatic rings. The topological polar surface area (TPSA) is 64.9 Å². The van der Waals surface area contributed by atoms with E-state index in [1.807, 2.05) is 30.4 Å². The van der Waals surface area contributed by atoms with Gasteiger partial charge in [-0.15, -0.1) is 11.8 Å². The third-order valence-corrected chi connectivity index (χ3v) is 5.80. The molecular formula is C10H17N3OS2. The molecule has 2 unspecified atom stereocenters. The zero-order chi connectivity index (χ0) is 11.5. The molecule has 0 bridgehead atoms. The van der Waals surface area contributed by atoms with Crippen LogP contribution in [-0.4, -0.2) is 26.9 Å². The van der Waals surface area contributed by atoms with Crippen molar-refractivity contribution in [3.8, 4) is 0 Å². The van der Waals surface area contributed by atoms with Crippen molar-refractivity contribution in [2.75, 3.05) is 11.5 Å². The third kappa shape index (κ3) is 2.55. The van der Waals surface area contributed by atoms with Gasteiger partial charge in [0, 0.05) is 16.8 Å². The largest absolute Gasteiger partial charge is 0.338 e. The first-order chi connectivity index (χ1) is 7.72. The van der Waals surface area contributed by atoms with E-state index in [2.05, 4.69) is 17.1 Å². The molecule has 0 radical (unpaired) electrons. The fraction of sp³-hybridized carbons (Fsp3) is 0.800. The molecule has 1 aliphatic heterocycles. The minimum absolute atomic E-state index is 0.178.